The van der Waals surface area contributed by atoms with Gasteiger partial charge in [-0.2, -0.15) is 0 Å². The quantitative estimate of drug-likeness (QED) is 0.909. The van der Waals surface area contributed by atoms with E-state index in [0.717, 1.165) is 31.4 Å². The van der Waals surface area contributed by atoms with E-state index >= 15 is 0 Å². The molecule has 114 valence electrons. The van der Waals surface area contributed by atoms with Crippen molar-refractivity contribution in [2.24, 2.45) is 0 Å². The Kier molecular flexibility index (Phi) is 3.57. The lowest BCUT2D eigenvalue weighted by Gasteiger charge is -2.37. The summed E-state index contributed by atoms with van der Waals surface area (Å²) in [5.74, 6) is 0.560. The molecule has 7 heteroatoms. The number of hydrogen-bond acceptors (Lipinski definition) is 5. The molecule has 0 aromatic carbocycles. The Balaban J connectivity index is 1.70. The molecule has 2 amide bonds. The lowest BCUT2D eigenvalue weighted by Crippen LogP contribution is -2.52. The number of carbonyl (C=O) groups excluding carboxylic acids is 2. The van der Waals surface area contributed by atoms with Crippen LogP contribution in [0.25, 0.3) is 0 Å². The zero-order valence-corrected chi connectivity index (χ0v) is 12.1. The smallest absolute Gasteiger partial charge is 0.407 e. The third-order valence-corrected chi connectivity index (χ3v) is 3.97. The number of nitrogens with zero attached hydrogens (tertiary/aromatic N) is 2. The van der Waals surface area contributed by atoms with Gasteiger partial charge in [0.2, 0.25) is 0 Å². The Morgan fingerprint density at radius 1 is 1.57 bits per heavy atom. The maximum atomic E-state index is 12.5. The standard InChI is InChI=1S/C14H19N3O4/c1-2-4-10-7-11(16-21-10)12(18)17-6-3-5-14(9-17)8-15-13(19)20-14/h7H,2-6,8-9H2,1H3,(H,15,19)/t14-/m1/s1. The van der Waals surface area contributed by atoms with Gasteiger partial charge in [-0.1, -0.05) is 12.1 Å². The molecule has 1 aromatic heterocycles. The predicted octanol–water partition coefficient (Wildman–Crippen LogP) is 1.34. The zero-order valence-electron chi connectivity index (χ0n) is 12.1. The summed E-state index contributed by atoms with van der Waals surface area (Å²) >= 11 is 0. The molecule has 0 radical (unpaired) electrons. The van der Waals surface area contributed by atoms with Gasteiger partial charge in [0.25, 0.3) is 5.91 Å². The van der Waals surface area contributed by atoms with Gasteiger partial charge in [-0.15, -0.1) is 0 Å². The Bertz CT molecular complexity index is 556. The van der Waals surface area contributed by atoms with Crippen molar-refractivity contribution in [3.63, 3.8) is 0 Å². The SMILES string of the molecule is CCCc1cc(C(=O)N2CCC[C@@]3(CNC(=O)O3)C2)no1. The fraction of sp³-hybridized carbons (Fsp3) is 0.643. The summed E-state index contributed by atoms with van der Waals surface area (Å²) in [6, 6.07) is 1.70. The van der Waals surface area contributed by atoms with E-state index in [4.69, 9.17) is 9.26 Å². The molecule has 1 atom stereocenters. The second-order valence-corrected chi connectivity index (χ2v) is 5.68. The number of aromatic nitrogens is 1. The normalized spacial score (nSPS) is 25.0. The molecule has 0 unspecified atom stereocenters. The number of nitrogens with one attached hydrogen (secondary N) is 1. The highest BCUT2D eigenvalue weighted by Crippen LogP contribution is 2.28. The number of ether oxygens (including phenoxy) is 1. The first-order valence-electron chi connectivity index (χ1n) is 7.34. The molecule has 21 heavy (non-hydrogen) atoms. The molecule has 0 saturated carbocycles. The second-order valence-electron chi connectivity index (χ2n) is 5.68. The second kappa shape index (κ2) is 5.38. The molecule has 7 nitrogen and oxygen atoms in total. The van der Waals surface area contributed by atoms with Crippen molar-refractivity contribution in [1.29, 1.82) is 0 Å². The highest BCUT2D eigenvalue weighted by atomic mass is 16.6. The molecule has 1 aromatic rings. The van der Waals surface area contributed by atoms with Crippen LogP contribution in [0, 0.1) is 0 Å². The fourth-order valence-electron chi connectivity index (χ4n) is 2.94. The van der Waals surface area contributed by atoms with Gasteiger partial charge in [0.05, 0.1) is 13.1 Å². The van der Waals surface area contributed by atoms with Crippen LogP contribution in [0.5, 0.6) is 0 Å². The molecule has 0 aliphatic carbocycles. The number of rotatable bonds is 3. The van der Waals surface area contributed by atoms with Gasteiger partial charge in [0, 0.05) is 19.0 Å². The average molecular weight is 293 g/mol. The van der Waals surface area contributed by atoms with Crippen LogP contribution in [0.4, 0.5) is 4.79 Å². The van der Waals surface area contributed by atoms with Crippen LogP contribution in [0.2, 0.25) is 0 Å². The van der Waals surface area contributed by atoms with Crippen molar-refractivity contribution in [2.45, 2.75) is 38.2 Å². The first-order chi connectivity index (χ1) is 10.1. The summed E-state index contributed by atoms with van der Waals surface area (Å²) in [6.07, 6.45) is 2.88. The lowest BCUT2D eigenvalue weighted by atomic mass is 9.93. The largest absolute Gasteiger partial charge is 0.439 e. The number of aryl methyl sites for hydroxylation is 1. The molecular formula is C14H19N3O4. The fourth-order valence-corrected chi connectivity index (χ4v) is 2.94. The van der Waals surface area contributed by atoms with Gasteiger partial charge in [0.15, 0.2) is 5.69 Å². The van der Waals surface area contributed by atoms with Gasteiger partial charge in [0.1, 0.15) is 11.4 Å². The maximum Gasteiger partial charge on any atom is 0.407 e. The molecule has 2 aliphatic rings. The van der Waals surface area contributed by atoms with Gasteiger partial charge >= 0.3 is 6.09 Å². The molecule has 3 rings (SSSR count). The van der Waals surface area contributed by atoms with Crippen molar-refractivity contribution < 1.29 is 18.8 Å². The Hall–Kier alpha value is -2.05. The van der Waals surface area contributed by atoms with Gasteiger partial charge < -0.3 is 19.5 Å². The van der Waals surface area contributed by atoms with Crippen LogP contribution in [-0.2, 0) is 11.2 Å². The molecule has 3 heterocycles. The van der Waals surface area contributed by atoms with E-state index in [0.29, 0.717) is 25.3 Å². The van der Waals surface area contributed by atoms with Crippen LogP contribution >= 0.6 is 0 Å². The number of carbonyl (C=O) groups is 2. The molecule has 2 fully saturated rings. The minimum Gasteiger partial charge on any atom is -0.439 e. The minimum atomic E-state index is -0.582. The van der Waals surface area contributed by atoms with Crippen LogP contribution in [-0.4, -0.2) is 47.3 Å². The van der Waals surface area contributed by atoms with Crippen molar-refractivity contribution in [3.8, 4) is 0 Å². The van der Waals surface area contributed by atoms with E-state index in [1.54, 1.807) is 11.0 Å². The van der Waals surface area contributed by atoms with Crippen LogP contribution in [0.1, 0.15) is 42.4 Å². The third-order valence-electron chi connectivity index (χ3n) is 3.97. The highest BCUT2D eigenvalue weighted by Gasteiger charge is 2.45. The molecule has 1 N–H and O–H groups in total. The lowest BCUT2D eigenvalue weighted by molar-refractivity contribution is -0.00537. The maximum absolute atomic E-state index is 12.5. The van der Waals surface area contributed by atoms with Crippen molar-refractivity contribution >= 4 is 12.0 Å². The Morgan fingerprint density at radius 2 is 2.43 bits per heavy atom. The molecule has 1 spiro atoms. The first-order valence-corrected chi connectivity index (χ1v) is 7.34. The van der Waals surface area contributed by atoms with Gasteiger partial charge in [-0.3, -0.25) is 4.79 Å². The Labute approximate surface area is 122 Å². The number of piperidine rings is 1. The van der Waals surface area contributed by atoms with E-state index in [-0.39, 0.29) is 5.91 Å². The summed E-state index contributed by atoms with van der Waals surface area (Å²) in [4.78, 5) is 25.4. The zero-order chi connectivity index (χ0) is 14.9. The Morgan fingerprint density at radius 3 is 3.14 bits per heavy atom. The van der Waals surface area contributed by atoms with E-state index in [2.05, 4.69) is 10.5 Å². The number of likely N-dealkylation sites (tertiary alicyclic amines) is 1. The van der Waals surface area contributed by atoms with Crippen LogP contribution in [0.3, 0.4) is 0 Å². The van der Waals surface area contributed by atoms with E-state index in [1.165, 1.54) is 0 Å². The highest BCUT2D eigenvalue weighted by molar-refractivity contribution is 5.92. The van der Waals surface area contributed by atoms with E-state index in [9.17, 15) is 9.59 Å². The molecule has 0 bridgehead atoms. The topological polar surface area (TPSA) is 84.7 Å². The van der Waals surface area contributed by atoms with Crippen LogP contribution < -0.4 is 5.32 Å². The first kappa shape index (κ1) is 13.9. The van der Waals surface area contributed by atoms with Gasteiger partial charge in [-0.25, -0.2) is 4.79 Å². The van der Waals surface area contributed by atoms with E-state index in [1.807, 2.05) is 6.92 Å². The van der Waals surface area contributed by atoms with Gasteiger partial charge in [-0.05, 0) is 19.3 Å². The number of hydrogen-bond donors (Lipinski definition) is 1. The average Bonchev–Trinajstić information content (AvgIpc) is 3.06. The summed E-state index contributed by atoms with van der Waals surface area (Å²) in [7, 11) is 0. The summed E-state index contributed by atoms with van der Waals surface area (Å²) in [6.45, 7) is 3.55. The summed E-state index contributed by atoms with van der Waals surface area (Å²) < 4.78 is 10.5. The third kappa shape index (κ3) is 2.72. The number of alkyl carbamates (subject to hydrolysis) is 1. The summed E-state index contributed by atoms with van der Waals surface area (Å²) in [5, 5.41) is 6.52. The monoisotopic (exact) mass is 293 g/mol. The summed E-state index contributed by atoms with van der Waals surface area (Å²) in [5.41, 5.74) is -0.256. The van der Waals surface area contributed by atoms with E-state index < -0.39 is 11.7 Å². The van der Waals surface area contributed by atoms with Crippen LogP contribution in [0.15, 0.2) is 10.6 Å². The molecule has 2 aliphatic heterocycles. The molecule has 2 saturated heterocycles. The van der Waals surface area contributed by atoms with Crippen molar-refractivity contribution in [3.05, 3.63) is 17.5 Å². The predicted molar refractivity (Wildman–Crippen MR) is 72.9 cm³/mol. The van der Waals surface area contributed by atoms with Crippen molar-refractivity contribution in [2.75, 3.05) is 19.6 Å². The van der Waals surface area contributed by atoms with Crippen molar-refractivity contribution in [1.82, 2.24) is 15.4 Å². The minimum absolute atomic E-state index is 0.164. The number of amides is 2. The molecular weight excluding hydrogens is 274 g/mol.